The summed E-state index contributed by atoms with van der Waals surface area (Å²) in [6.45, 7) is 7.13. The van der Waals surface area contributed by atoms with Gasteiger partial charge in [0.1, 0.15) is 0 Å². The van der Waals surface area contributed by atoms with Crippen molar-refractivity contribution < 1.29 is 0 Å². The lowest BCUT2D eigenvalue weighted by Gasteiger charge is -2.57. The van der Waals surface area contributed by atoms with Crippen LogP contribution in [0.5, 0.6) is 0 Å². The van der Waals surface area contributed by atoms with E-state index >= 15 is 0 Å². The lowest BCUT2D eigenvalue weighted by Crippen LogP contribution is -2.65. The molecule has 0 radical (unpaired) electrons. The molecule has 1 heterocycles. The first-order chi connectivity index (χ1) is 8.09. The van der Waals surface area contributed by atoms with E-state index in [9.17, 15) is 0 Å². The van der Waals surface area contributed by atoms with Gasteiger partial charge in [-0.05, 0) is 43.4 Å². The zero-order valence-corrected chi connectivity index (χ0v) is 11.5. The van der Waals surface area contributed by atoms with Crippen molar-refractivity contribution in [1.82, 2.24) is 4.90 Å². The van der Waals surface area contributed by atoms with Crippen LogP contribution in [0.25, 0.3) is 0 Å². The third-order valence-electron chi connectivity index (χ3n) is 6.20. The smallest absolute Gasteiger partial charge is 0.0385 e. The van der Waals surface area contributed by atoms with Crippen molar-refractivity contribution in [2.24, 2.45) is 17.1 Å². The molecule has 0 aromatic carbocycles. The summed E-state index contributed by atoms with van der Waals surface area (Å²) in [7, 11) is 0. The van der Waals surface area contributed by atoms with Crippen molar-refractivity contribution in [2.75, 3.05) is 13.1 Å². The number of nitrogens with zero attached hydrogens (tertiary/aromatic N) is 1. The number of nitrogens with two attached hydrogens (primary N) is 1. The van der Waals surface area contributed by atoms with Crippen LogP contribution in [0, 0.1) is 11.3 Å². The van der Waals surface area contributed by atoms with Gasteiger partial charge in [-0.3, -0.25) is 4.90 Å². The highest BCUT2D eigenvalue weighted by atomic mass is 15.3. The molecule has 98 valence electrons. The first-order valence-corrected chi connectivity index (χ1v) is 7.56. The van der Waals surface area contributed by atoms with Crippen molar-refractivity contribution >= 4 is 0 Å². The molecule has 2 aliphatic carbocycles. The summed E-state index contributed by atoms with van der Waals surface area (Å²) in [5, 5.41) is 0. The van der Waals surface area contributed by atoms with Crippen LogP contribution in [0.1, 0.15) is 58.8 Å². The second-order valence-corrected chi connectivity index (χ2v) is 7.31. The van der Waals surface area contributed by atoms with E-state index in [1.165, 1.54) is 51.5 Å². The molecule has 3 fully saturated rings. The molecule has 2 nitrogen and oxygen atoms in total. The van der Waals surface area contributed by atoms with Gasteiger partial charge in [0, 0.05) is 24.7 Å². The van der Waals surface area contributed by atoms with Gasteiger partial charge >= 0.3 is 0 Å². The summed E-state index contributed by atoms with van der Waals surface area (Å²) in [6.07, 6.45) is 9.84. The maximum Gasteiger partial charge on any atom is 0.0385 e. The average molecular weight is 236 g/mol. The number of hydrogen-bond donors (Lipinski definition) is 1. The summed E-state index contributed by atoms with van der Waals surface area (Å²) in [5.41, 5.74) is 7.00. The molecule has 3 unspecified atom stereocenters. The number of hydrogen-bond acceptors (Lipinski definition) is 2. The molecule has 17 heavy (non-hydrogen) atoms. The van der Waals surface area contributed by atoms with Crippen molar-refractivity contribution in [3.8, 4) is 0 Å². The van der Waals surface area contributed by atoms with Gasteiger partial charge in [-0.25, -0.2) is 0 Å². The fraction of sp³-hybridized carbons (Fsp3) is 1.00. The Hall–Kier alpha value is -0.0800. The zero-order chi connectivity index (χ0) is 12.1. The van der Waals surface area contributed by atoms with Crippen LogP contribution >= 0.6 is 0 Å². The van der Waals surface area contributed by atoms with Gasteiger partial charge in [-0.15, -0.1) is 0 Å². The Morgan fingerprint density at radius 1 is 1.18 bits per heavy atom. The molecule has 2 heteroatoms. The van der Waals surface area contributed by atoms with E-state index in [0.717, 1.165) is 18.5 Å². The molecule has 1 saturated heterocycles. The Kier molecular flexibility index (Phi) is 2.79. The van der Waals surface area contributed by atoms with Gasteiger partial charge < -0.3 is 5.73 Å². The summed E-state index contributed by atoms with van der Waals surface area (Å²) in [5.74, 6) is 0.987. The molecule has 2 saturated carbocycles. The van der Waals surface area contributed by atoms with Crippen molar-refractivity contribution in [1.29, 1.82) is 0 Å². The minimum atomic E-state index is 0.311. The second kappa shape index (κ2) is 3.96. The normalized spacial score (nSPS) is 45.4. The molecule has 2 bridgehead atoms. The SMILES string of the molecule is CC1(C)CCCCC1(CN)N1CC2CCC1C2. The van der Waals surface area contributed by atoms with E-state index in [2.05, 4.69) is 18.7 Å². The Morgan fingerprint density at radius 2 is 1.94 bits per heavy atom. The van der Waals surface area contributed by atoms with Crippen LogP contribution in [0.15, 0.2) is 0 Å². The van der Waals surface area contributed by atoms with Crippen LogP contribution in [-0.2, 0) is 0 Å². The molecule has 3 atom stereocenters. The molecule has 0 aromatic heterocycles. The second-order valence-electron chi connectivity index (χ2n) is 7.31. The van der Waals surface area contributed by atoms with E-state index in [4.69, 9.17) is 5.73 Å². The third kappa shape index (κ3) is 1.60. The van der Waals surface area contributed by atoms with Gasteiger partial charge in [0.05, 0.1) is 0 Å². The summed E-state index contributed by atoms with van der Waals surface area (Å²) in [6, 6.07) is 0.862. The highest BCUT2D eigenvalue weighted by Crippen LogP contribution is 2.52. The Bertz CT molecular complexity index is 299. The van der Waals surface area contributed by atoms with Gasteiger partial charge in [0.15, 0.2) is 0 Å². The van der Waals surface area contributed by atoms with E-state index in [0.29, 0.717) is 11.0 Å². The lowest BCUT2D eigenvalue weighted by molar-refractivity contribution is -0.0600. The zero-order valence-electron chi connectivity index (χ0n) is 11.5. The summed E-state index contributed by atoms with van der Waals surface area (Å²) >= 11 is 0. The summed E-state index contributed by atoms with van der Waals surface area (Å²) < 4.78 is 0. The fourth-order valence-electron chi connectivity index (χ4n) is 5.03. The number of likely N-dealkylation sites (tertiary alicyclic amines) is 1. The quantitative estimate of drug-likeness (QED) is 0.799. The van der Waals surface area contributed by atoms with Gasteiger partial charge in [0.25, 0.3) is 0 Å². The molecule has 0 spiro atoms. The lowest BCUT2D eigenvalue weighted by atomic mass is 9.61. The van der Waals surface area contributed by atoms with Crippen molar-refractivity contribution in [2.45, 2.75) is 70.4 Å². The first-order valence-electron chi connectivity index (χ1n) is 7.56. The molecule has 0 amide bonds. The van der Waals surface area contributed by atoms with Gasteiger partial charge in [0.2, 0.25) is 0 Å². The Balaban J connectivity index is 1.90. The van der Waals surface area contributed by atoms with E-state index in [1.54, 1.807) is 0 Å². The number of fused-ring (bicyclic) bond motifs is 2. The fourth-order valence-corrected chi connectivity index (χ4v) is 5.03. The number of rotatable bonds is 2. The topological polar surface area (TPSA) is 29.3 Å². The van der Waals surface area contributed by atoms with E-state index in [-0.39, 0.29) is 0 Å². The van der Waals surface area contributed by atoms with Crippen molar-refractivity contribution in [3.63, 3.8) is 0 Å². The largest absolute Gasteiger partial charge is 0.329 e. The van der Waals surface area contributed by atoms with E-state index in [1.807, 2.05) is 0 Å². The van der Waals surface area contributed by atoms with Crippen molar-refractivity contribution in [3.05, 3.63) is 0 Å². The average Bonchev–Trinajstić information content (AvgIpc) is 2.91. The van der Waals surface area contributed by atoms with Gasteiger partial charge in [-0.2, -0.15) is 0 Å². The molecule has 3 rings (SSSR count). The monoisotopic (exact) mass is 236 g/mol. The molecule has 3 aliphatic rings. The van der Waals surface area contributed by atoms with Crippen LogP contribution in [0.4, 0.5) is 0 Å². The number of piperidine rings is 1. The molecular weight excluding hydrogens is 208 g/mol. The predicted molar refractivity (Wildman–Crippen MR) is 71.9 cm³/mol. The van der Waals surface area contributed by atoms with Crippen LogP contribution in [0.2, 0.25) is 0 Å². The third-order valence-corrected chi connectivity index (χ3v) is 6.20. The Labute approximate surface area is 106 Å². The minimum Gasteiger partial charge on any atom is -0.329 e. The molecule has 0 aromatic rings. The maximum atomic E-state index is 6.28. The molecular formula is C15H28N2. The highest BCUT2D eigenvalue weighted by Gasteiger charge is 2.55. The molecule has 1 aliphatic heterocycles. The maximum absolute atomic E-state index is 6.28. The van der Waals surface area contributed by atoms with Gasteiger partial charge in [-0.1, -0.05) is 26.7 Å². The highest BCUT2D eigenvalue weighted by molar-refractivity contribution is 5.10. The van der Waals surface area contributed by atoms with E-state index < -0.39 is 0 Å². The first kappa shape index (κ1) is 12.0. The minimum absolute atomic E-state index is 0.311. The molecule has 2 N–H and O–H groups in total. The van der Waals surface area contributed by atoms with Crippen LogP contribution < -0.4 is 5.73 Å². The predicted octanol–water partition coefficient (Wildman–Crippen LogP) is 2.77. The van der Waals surface area contributed by atoms with Crippen LogP contribution in [0.3, 0.4) is 0 Å². The summed E-state index contributed by atoms with van der Waals surface area (Å²) in [4.78, 5) is 2.85. The standard InChI is InChI=1S/C15H28N2/c1-14(2)7-3-4-8-15(14,11-16)17-10-12-5-6-13(17)9-12/h12-13H,3-11,16H2,1-2H3. The van der Waals surface area contributed by atoms with Crippen LogP contribution in [-0.4, -0.2) is 29.6 Å². The Morgan fingerprint density at radius 3 is 2.47 bits per heavy atom.